The van der Waals surface area contributed by atoms with Crippen LogP contribution in [0.2, 0.25) is 0 Å². The lowest BCUT2D eigenvalue weighted by Gasteiger charge is -2.20. The Balaban J connectivity index is 1.68. The summed E-state index contributed by atoms with van der Waals surface area (Å²) < 4.78 is 12.0. The molecule has 2 aliphatic rings. The number of hydrogen-bond donors (Lipinski definition) is 1. The van der Waals surface area contributed by atoms with Gasteiger partial charge in [-0.1, -0.05) is 28.8 Å². The van der Waals surface area contributed by atoms with Crippen molar-refractivity contribution in [2.45, 2.75) is 38.1 Å². The largest absolute Gasteiger partial charge is 0.486 e. The average Bonchev–Trinajstić information content (AvgIpc) is 2.92. The number of amides is 1. The van der Waals surface area contributed by atoms with Crippen molar-refractivity contribution in [2.24, 2.45) is 0 Å². The van der Waals surface area contributed by atoms with Gasteiger partial charge in [0.25, 0.3) is 0 Å². The Morgan fingerprint density at radius 3 is 2.55 bits per heavy atom. The van der Waals surface area contributed by atoms with Gasteiger partial charge in [-0.15, -0.1) is 0 Å². The van der Waals surface area contributed by atoms with E-state index in [0.717, 1.165) is 34.4 Å². The van der Waals surface area contributed by atoms with E-state index in [4.69, 9.17) is 9.47 Å². The number of fused-ring (bicyclic) bond motifs is 1. The van der Waals surface area contributed by atoms with Crippen LogP contribution in [0.4, 0.5) is 0 Å². The lowest BCUT2D eigenvalue weighted by Crippen LogP contribution is -2.33. The van der Waals surface area contributed by atoms with Crippen LogP contribution in [0.3, 0.4) is 0 Å². The molecular formula is C15H18BrNO3. The van der Waals surface area contributed by atoms with Crippen molar-refractivity contribution in [3.05, 3.63) is 22.2 Å². The first-order chi connectivity index (χ1) is 9.72. The number of hydrogen-bond acceptors (Lipinski definition) is 3. The van der Waals surface area contributed by atoms with Gasteiger partial charge in [-0.2, -0.15) is 0 Å². The lowest BCUT2D eigenvalue weighted by molar-refractivity contribution is -0.121. The van der Waals surface area contributed by atoms with Crippen LogP contribution in [0.1, 0.15) is 31.2 Å². The number of nitrogens with one attached hydrogen (secondary N) is 1. The number of carbonyl (C=O) groups excluding carboxylic acids is 1. The van der Waals surface area contributed by atoms with E-state index in [1.165, 1.54) is 12.8 Å². The maximum atomic E-state index is 12.1. The summed E-state index contributed by atoms with van der Waals surface area (Å²) in [7, 11) is 0. The SMILES string of the molecule is O=C(Cc1cc2c(cc1Br)OCCO2)NC1CCCC1. The lowest BCUT2D eigenvalue weighted by atomic mass is 10.1. The maximum Gasteiger partial charge on any atom is 0.224 e. The van der Waals surface area contributed by atoms with Crippen molar-refractivity contribution in [2.75, 3.05) is 13.2 Å². The predicted molar refractivity (Wildman–Crippen MR) is 79.2 cm³/mol. The van der Waals surface area contributed by atoms with E-state index in [1.807, 2.05) is 12.1 Å². The molecule has 1 aromatic carbocycles. The third-order valence-electron chi connectivity index (χ3n) is 3.78. The molecule has 1 aromatic rings. The molecule has 0 radical (unpaired) electrons. The molecule has 1 aliphatic carbocycles. The van der Waals surface area contributed by atoms with Crippen molar-refractivity contribution in [1.82, 2.24) is 5.32 Å². The fourth-order valence-corrected chi connectivity index (χ4v) is 3.23. The molecule has 20 heavy (non-hydrogen) atoms. The predicted octanol–water partition coefficient (Wildman–Crippen LogP) is 2.82. The molecule has 5 heteroatoms. The van der Waals surface area contributed by atoms with Crippen LogP contribution in [0.25, 0.3) is 0 Å². The minimum Gasteiger partial charge on any atom is -0.486 e. The Bertz CT molecular complexity index is 512. The number of halogens is 1. The molecule has 1 N–H and O–H groups in total. The minimum atomic E-state index is 0.0780. The summed E-state index contributed by atoms with van der Waals surface area (Å²) in [5.74, 6) is 1.54. The van der Waals surface area contributed by atoms with Gasteiger partial charge in [-0.05, 0) is 30.5 Å². The van der Waals surface area contributed by atoms with Gasteiger partial charge in [0.15, 0.2) is 11.5 Å². The summed E-state index contributed by atoms with van der Waals surface area (Å²) in [4.78, 5) is 12.1. The molecule has 1 amide bonds. The van der Waals surface area contributed by atoms with Gasteiger partial charge < -0.3 is 14.8 Å². The molecule has 0 saturated heterocycles. The number of carbonyl (C=O) groups is 1. The summed E-state index contributed by atoms with van der Waals surface area (Å²) in [6.45, 7) is 1.13. The van der Waals surface area contributed by atoms with Gasteiger partial charge in [0.05, 0.1) is 6.42 Å². The van der Waals surface area contributed by atoms with Crippen LogP contribution < -0.4 is 14.8 Å². The molecule has 1 heterocycles. The van der Waals surface area contributed by atoms with Crippen LogP contribution in [-0.4, -0.2) is 25.2 Å². The molecule has 0 spiro atoms. The van der Waals surface area contributed by atoms with E-state index in [-0.39, 0.29) is 5.91 Å². The Kier molecular flexibility index (Phi) is 4.15. The smallest absolute Gasteiger partial charge is 0.224 e. The van der Waals surface area contributed by atoms with Crippen molar-refractivity contribution < 1.29 is 14.3 Å². The molecule has 0 bridgehead atoms. The summed E-state index contributed by atoms with van der Waals surface area (Å²) >= 11 is 3.50. The van der Waals surface area contributed by atoms with Crippen molar-refractivity contribution in [3.63, 3.8) is 0 Å². The molecule has 108 valence electrons. The van der Waals surface area contributed by atoms with Gasteiger partial charge in [0.2, 0.25) is 5.91 Å². The topological polar surface area (TPSA) is 47.6 Å². The Hall–Kier alpha value is -1.23. The van der Waals surface area contributed by atoms with Crippen LogP contribution in [0.5, 0.6) is 11.5 Å². The summed E-state index contributed by atoms with van der Waals surface area (Å²) in [6, 6.07) is 4.14. The monoisotopic (exact) mass is 339 g/mol. The molecule has 1 saturated carbocycles. The molecule has 3 rings (SSSR count). The maximum absolute atomic E-state index is 12.1. The van der Waals surface area contributed by atoms with Crippen molar-refractivity contribution in [3.8, 4) is 11.5 Å². The zero-order valence-corrected chi connectivity index (χ0v) is 12.9. The van der Waals surface area contributed by atoms with E-state index in [1.54, 1.807) is 0 Å². The normalized spacial score (nSPS) is 18.1. The summed E-state index contributed by atoms with van der Waals surface area (Å²) in [5.41, 5.74) is 0.935. The highest BCUT2D eigenvalue weighted by atomic mass is 79.9. The first-order valence-electron chi connectivity index (χ1n) is 7.10. The highest BCUT2D eigenvalue weighted by Crippen LogP contribution is 2.35. The highest BCUT2D eigenvalue weighted by Gasteiger charge is 2.19. The van der Waals surface area contributed by atoms with Crippen LogP contribution in [0, 0.1) is 0 Å². The minimum absolute atomic E-state index is 0.0780. The average molecular weight is 340 g/mol. The van der Waals surface area contributed by atoms with Gasteiger partial charge in [0, 0.05) is 10.5 Å². The number of rotatable bonds is 3. The van der Waals surface area contributed by atoms with Crippen LogP contribution in [-0.2, 0) is 11.2 Å². The van der Waals surface area contributed by atoms with Crippen LogP contribution >= 0.6 is 15.9 Å². The van der Waals surface area contributed by atoms with E-state index in [0.29, 0.717) is 25.7 Å². The van der Waals surface area contributed by atoms with Crippen LogP contribution in [0.15, 0.2) is 16.6 Å². The first-order valence-corrected chi connectivity index (χ1v) is 7.89. The van der Waals surface area contributed by atoms with Crippen molar-refractivity contribution in [1.29, 1.82) is 0 Å². The van der Waals surface area contributed by atoms with Gasteiger partial charge in [0.1, 0.15) is 13.2 Å². The van der Waals surface area contributed by atoms with E-state index in [9.17, 15) is 4.79 Å². The molecule has 0 aromatic heterocycles. The molecule has 4 nitrogen and oxygen atoms in total. The number of ether oxygens (including phenoxy) is 2. The third-order valence-corrected chi connectivity index (χ3v) is 4.52. The zero-order chi connectivity index (χ0) is 13.9. The molecular weight excluding hydrogens is 322 g/mol. The second kappa shape index (κ2) is 6.04. The summed E-state index contributed by atoms with van der Waals surface area (Å²) in [6.07, 6.45) is 5.02. The van der Waals surface area contributed by atoms with Crippen molar-refractivity contribution >= 4 is 21.8 Å². The van der Waals surface area contributed by atoms with Gasteiger partial charge in [-0.25, -0.2) is 0 Å². The van der Waals surface area contributed by atoms with E-state index in [2.05, 4.69) is 21.2 Å². The number of benzene rings is 1. The van der Waals surface area contributed by atoms with E-state index >= 15 is 0 Å². The van der Waals surface area contributed by atoms with Gasteiger partial charge >= 0.3 is 0 Å². The zero-order valence-electron chi connectivity index (χ0n) is 11.3. The second-order valence-corrected chi connectivity index (χ2v) is 6.17. The quantitative estimate of drug-likeness (QED) is 0.921. The summed E-state index contributed by atoms with van der Waals surface area (Å²) in [5, 5.41) is 3.10. The third kappa shape index (κ3) is 3.08. The van der Waals surface area contributed by atoms with Gasteiger partial charge in [-0.3, -0.25) is 4.79 Å². The molecule has 0 atom stereocenters. The Labute approximate surface area is 127 Å². The first kappa shape index (κ1) is 13.7. The fraction of sp³-hybridized carbons (Fsp3) is 0.533. The highest BCUT2D eigenvalue weighted by molar-refractivity contribution is 9.10. The standard InChI is InChI=1S/C15H18BrNO3/c16-12-9-14-13(19-5-6-20-14)7-10(12)8-15(18)17-11-3-1-2-4-11/h7,9,11H,1-6,8H2,(H,17,18). The molecule has 1 fully saturated rings. The Morgan fingerprint density at radius 1 is 1.20 bits per heavy atom. The molecule has 0 unspecified atom stereocenters. The fourth-order valence-electron chi connectivity index (χ4n) is 2.76. The second-order valence-electron chi connectivity index (χ2n) is 5.31. The van der Waals surface area contributed by atoms with E-state index < -0.39 is 0 Å². The molecule has 1 aliphatic heterocycles. The Morgan fingerprint density at radius 2 is 1.85 bits per heavy atom.